The van der Waals surface area contributed by atoms with Crippen molar-refractivity contribution in [2.24, 2.45) is 11.8 Å². The lowest BCUT2D eigenvalue weighted by Crippen LogP contribution is -1.88. The van der Waals surface area contributed by atoms with Crippen LogP contribution in [0, 0.1) is 11.8 Å². The smallest absolute Gasteiger partial charge is 0.00199 e. The number of fused-ring (bicyclic) bond motifs is 2. The summed E-state index contributed by atoms with van der Waals surface area (Å²) in [7, 11) is 0. The zero-order valence-corrected chi connectivity index (χ0v) is 9.08. The molecule has 2 aliphatic rings. The highest BCUT2D eigenvalue weighted by Gasteiger charge is 2.28. The second-order valence-corrected chi connectivity index (χ2v) is 3.94. The lowest BCUT2D eigenvalue weighted by atomic mass is 10.0. The Balaban J connectivity index is 0.000000149. The lowest BCUT2D eigenvalue weighted by Gasteiger charge is -2.02. The van der Waals surface area contributed by atoms with Crippen molar-refractivity contribution in [2.45, 2.75) is 26.2 Å². The summed E-state index contributed by atoms with van der Waals surface area (Å²) < 4.78 is 0. The molecular weight excluding hydrogens is 168 g/mol. The van der Waals surface area contributed by atoms with Crippen molar-refractivity contribution < 1.29 is 0 Å². The topological polar surface area (TPSA) is 0 Å². The first kappa shape index (κ1) is 11.0. The molecule has 0 aromatic heterocycles. The summed E-state index contributed by atoms with van der Waals surface area (Å²) in [6.45, 7) is 9.54. The molecule has 0 spiro atoms. The van der Waals surface area contributed by atoms with Gasteiger partial charge in [-0.15, -0.1) is 6.58 Å². The summed E-state index contributed by atoms with van der Waals surface area (Å²) >= 11 is 0. The van der Waals surface area contributed by atoms with Crippen LogP contribution < -0.4 is 0 Å². The summed E-state index contributed by atoms with van der Waals surface area (Å²) in [5.74, 6) is 1.63. The molecule has 0 saturated heterocycles. The normalized spacial score (nSPS) is 27.9. The molecule has 14 heavy (non-hydrogen) atoms. The Morgan fingerprint density at radius 1 is 1.50 bits per heavy atom. The molecule has 2 aliphatic carbocycles. The van der Waals surface area contributed by atoms with Gasteiger partial charge in [0.05, 0.1) is 0 Å². The van der Waals surface area contributed by atoms with E-state index in [1.807, 2.05) is 19.1 Å². The van der Waals surface area contributed by atoms with Crippen molar-refractivity contribution in [3.05, 3.63) is 49.1 Å². The van der Waals surface area contributed by atoms with Crippen molar-refractivity contribution in [1.82, 2.24) is 0 Å². The second-order valence-electron chi connectivity index (χ2n) is 3.94. The largest absolute Gasteiger partial charge is 0.103 e. The van der Waals surface area contributed by atoms with Gasteiger partial charge in [0.15, 0.2) is 0 Å². The maximum absolute atomic E-state index is 3.99. The molecule has 0 nitrogen and oxygen atoms in total. The third-order valence-corrected chi connectivity index (χ3v) is 2.76. The third kappa shape index (κ3) is 3.02. The number of hydrogen-bond donors (Lipinski definition) is 0. The van der Waals surface area contributed by atoms with E-state index in [4.69, 9.17) is 0 Å². The summed E-state index contributed by atoms with van der Waals surface area (Å²) in [4.78, 5) is 0. The molecule has 0 N–H and O–H groups in total. The van der Waals surface area contributed by atoms with E-state index in [1.54, 1.807) is 0 Å². The van der Waals surface area contributed by atoms with E-state index in [-0.39, 0.29) is 0 Å². The Bertz CT molecular complexity index is 255. The van der Waals surface area contributed by atoms with E-state index < -0.39 is 0 Å². The van der Waals surface area contributed by atoms with Crippen molar-refractivity contribution >= 4 is 0 Å². The monoisotopic (exact) mass is 188 g/mol. The van der Waals surface area contributed by atoms with Gasteiger partial charge in [0.2, 0.25) is 0 Å². The maximum Gasteiger partial charge on any atom is -0.00199 e. The molecule has 0 aromatic rings. The van der Waals surface area contributed by atoms with E-state index in [2.05, 4.69) is 31.4 Å². The minimum atomic E-state index is 0.764. The minimum Gasteiger partial charge on any atom is -0.103 e. The fourth-order valence-electron chi connectivity index (χ4n) is 1.95. The highest BCUT2D eigenvalue weighted by atomic mass is 14.3. The van der Waals surface area contributed by atoms with Crippen molar-refractivity contribution in [3.63, 3.8) is 0 Å². The highest BCUT2D eigenvalue weighted by molar-refractivity contribution is 5.24. The van der Waals surface area contributed by atoms with E-state index >= 15 is 0 Å². The summed E-state index contributed by atoms with van der Waals surface area (Å²) in [6.07, 6.45) is 14.2. The molecule has 2 unspecified atom stereocenters. The summed E-state index contributed by atoms with van der Waals surface area (Å²) in [6, 6.07) is 0. The van der Waals surface area contributed by atoms with Gasteiger partial charge in [0, 0.05) is 0 Å². The number of rotatable bonds is 2. The highest BCUT2D eigenvalue weighted by Crippen LogP contribution is 2.41. The van der Waals surface area contributed by atoms with Gasteiger partial charge in [-0.05, 0) is 38.0 Å². The van der Waals surface area contributed by atoms with Crippen LogP contribution in [0.3, 0.4) is 0 Å². The number of hydrogen-bond acceptors (Lipinski definition) is 0. The average molecular weight is 188 g/mol. The fourth-order valence-corrected chi connectivity index (χ4v) is 1.95. The average Bonchev–Trinajstić information content (AvgIpc) is 2.76. The van der Waals surface area contributed by atoms with Crippen LogP contribution in [-0.4, -0.2) is 0 Å². The molecule has 0 heteroatoms. The van der Waals surface area contributed by atoms with Crippen molar-refractivity contribution in [3.8, 4) is 0 Å². The van der Waals surface area contributed by atoms with Crippen LogP contribution in [0.15, 0.2) is 49.1 Å². The van der Waals surface area contributed by atoms with E-state index in [0.29, 0.717) is 0 Å². The van der Waals surface area contributed by atoms with Crippen LogP contribution in [-0.2, 0) is 0 Å². The molecule has 0 radical (unpaired) electrons. The van der Waals surface area contributed by atoms with Crippen LogP contribution in [0.2, 0.25) is 0 Å². The van der Waals surface area contributed by atoms with Crippen LogP contribution in [0.25, 0.3) is 0 Å². The van der Waals surface area contributed by atoms with Gasteiger partial charge in [-0.1, -0.05) is 42.5 Å². The first-order chi connectivity index (χ1) is 6.77. The minimum absolute atomic E-state index is 0.764. The van der Waals surface area contributed by atoms with Gasteiger partial charge in [-0.3, -0.25) is 0 Å². The lowest BCUT2D eigenvalue weighted by molar-refractivity contribution is 0.693. The van der Waals surface area contributed by atoms with Crippen LogP contribution in [0.4, 0.5) is 0 Å². The van der Waals surface area contributed by atoms with Crippen LogP contribution in [0.5, 0.6) is 0 Å². The fraction of sp³-hybridized carbons (Fsp3) is 0.429. The van der Waals surface area contributed by atoms with Gasteiger partial charge in [-0.25, -0.2) is 0 Å². The predicted octanol–water partition coefficient (Wildman–Crippen LogP) is 4.28. The Hall–Kier alpha value is -1.04. The Morgan fingerprint density at radius 2 is 2.29 bits per heavy atom. The molecule has 1 saturated carbocycles. The maximum atomic E-state index is 3.99. The van der Waals surface area contributed by atoms with Crippen molar-refractivity contribution in [1.29, 1.82) is 0 Å². The van der Waals surface area contributed by atoms with Crippen LogP contribution >= 0.6 is 0 Å². The molecule has 0 aromatic carbocycles. The Labute approximate surface area is 87.7 Å². The predicted molar refractivity (Wildman–Crippen MR) is 64.1 cm³/mol. The first-order valence-electron chi connectivity index (χ1n) is 5.36. The molecule has 76 valence electrons. The van der Waals surface area contributed by atoms with Gasteiger partial charge < -0.3 is 0 Å². The van der Waals surface area contributed by atoms with Crippen LogP contribution in [0.1, 0.15) is 26.2 Å². The molecule has 0 aliphatic heterocycles. The van der Waals surface area contributed by atoms with Gasteiger partial charge >= 0.3 is 0 Å². The molecule has 1 fully saturated rings. The zero-order chi connectivity index (χ0) is 10.4. The van der Waals surface area contributed by atoms with E-state index in [9.17, 15) is 0 Å². The second kappa shape index (κ2) is 5.64. The molecule has 2 bridgehead atoms. The van der Waals surface area contributed by atoms with Gasteiger partial charge in [0.25, 0.3) is 0 Å². The molecule has 2 atom stereocenters. The molecular formula is C14H20. The van der Waals surface area contributed by atoms with Gasteiger partial charge in [-0.2, -0.15) is 0 Å². The molecule has 2 rings (SSSR count). The van der Waals surface area contributed by atoms with Crippen molar-refractivity contribution in [2.75, 3.05) is 0 Å². The standard InChI is InChI=1S/C8H10.C6H10/c1-6-4-7-2-3-8(6)5-7;1-3-5-6-4-2/h2-3,7-8H,1,4-5H2;3-4,6H,1,5H2,2H3. The Kier molecular flexibility index (Phi) is 4.45. The van der Waals surface area contributed by atoms with E-state index in [0.717, 1.165) is 18.3 Å². The zero-order valence-electron chi connectivity index (χ0n) is 9.08. The van der Waals surface area contributed by atoms with E-state index in [1.165, 1.54) is 18.4 Å². The summed E-state index contributed by atoms with van der Waals surface area (Å²) in [5.41, 5.74) is 1.46. The third-order valence-electron chi connectivity index (χ3n) is 2.76. The number of allylic oxidation sites excluding steroid dienone is 6. The molecule has 0 amide bonds. The first-order valence-corrected chi connectivity index (χ1v) is 5.36. The Morgan fingerprint density at radius 3 is 2.50 bits per heavy atom. The molecule has 0 heterocycles. The quantitative estimate of drug-likeness (QED) is 0.567. The van der Waals surface area contributed by atoms with Gasteiger partial charge in [0.1, 0.15) is 0 Å². The SMILES string of the molecule is C=C1CC2C=CC1C2.C=CCC=CC. The summed E-state index contributed by atoms with van der Waals surface area (Å²) in [5, 5.41) is 0.